The molecule has 1 saturated heterocycles. The van der Waals surface area contributed by atoms with Crippen molar-refractivity contribution < 1.29 is 9.53 Å². The van der Waals surface area contributed by atoms with Crippen LogP contribution in [-0.2, 0) is 4.74 Å². The molecule has 3 rings (SSSR count). The van der Waals surface area contributed by atoms with E-state index in [9.17, 15) is 4.79 Å². The molecule has 20 heavy (non-hydrogen) atoms. The van der Waals surface area contributed by atoms with Crippen molar-refractivity contribution in [3.8, 4) is 0 Å². The van der Waals surface area contributed by atoms with Gasteiger partial charge in [0.2, 0.25) is 0 Å². The third-order valence-corrected chi connectivity index (χ3v) is 3.81. The maximum absolute atomic E-state index is 12.3. The molecule has 0 aliphatic carbocycles. The quantitative estimate of drug-likeness (QED) is 0.866. The normalized spacial score (nSPS) is 16.7. The predicted octanol–water partition coefficient (Wildman–Crippen LogP) is 1.69. The number of carbonyl (C=O) groups is 1. The maximum Gasteiger partial charge on any atom is 0.265 e. The summed E-state index contributed by atoms with van der Waals surface area (Å²) in [5.41, 5.74) is 4.65. The van der Waals surface area contributed by atoms with E-state index in [1.807, 2.05) is 53.1 Å². The van der Waals surface area contributed by atoms with Crippen molar-refractivity contribution >= 4 is 11.4 Å². The summed E-state index contributed by atoms with van der Waals surface area (Å²) in [6.45, 7) is 1.53. The van der Waals surface area contributed by atoms with Gasteiger partial charge in [-0.1, -0.05) is 0 Å². The smallest absolute Gasteiger partial charge is 0.265 e. The second-order valence-corrected chi connectivity index (χ2v) is 5.15. The largest absolute Gasteiger partial charge is 0.381 e. The lowest BCUT2D eigenvalue weighted by Crippen LogP contribution is -2.47. The molecule has 0 spiro atoms. The molecule has 0 aromatic carbocycles. The minimum absolute atomic E-state index is 0.0670. The van der Waals surface area contributed by atoms with Crippen LogP contribution in [0.3, 0.4) is 0 Å². The summed E-state index contributed by atoms with van der Waals surface area (Å²) in [7, 11) is 1.92. The molecule has 2 aromatic heterocycles. The molecule has 1 aliphatic rings. The monoisotopic (exact) mass is 273 g/mol. The first-order chi connectivity index (χ1) is 9.74. The van der Waals surface area contributed by atoms with Crippen molar-refractivity contribution in [1.29, 1.82) is 0 Å². The minimum atomic E-state index is -0.0670. The molecule has 5 heteroatoms. The molecule has 0 unspecified atom stereocenters. The van der Waals surface area contributed by atoms with Gasteiger partial charge >= 0.3 is 0 Å². The van der Waals surface area contributed by atoms with Crippen molar-refractivity contribution in [3.05, 3.63) is 42.2 Å². The van der Waals surface area contributed by atoms with Gasteiger partial charge in [0.05, 0.1) is 0 Å². The number of hydrogen-bond acceptors (Lipinski definition) is 3. The number of hydrazine groups is 1. The summed E-state index contributed by atoms with van der Waals surface area (Å²) in [6, 6.07) is 8.03. The highest BCUT2D eigenvalue weighted by molar-refractivity contribution is 5.94. The number of fused-ring (bicyclic) bond motifs is 1. The number of amides is 1. The molecule has 2 aromatic rings. The van der Waals surface area contributed by atoms with Gasteiger partial charge in [-0.2, -0.15) is 0 Å². The molecule has 0 radical (unpaired) electrons. The number of hydrogen-bond donors (Lipinski definition) is 1. The first-order valence-electron chi connectivity index (χ1n) is 6.92. The van der Waals surface area contributed by atoms with Gasteiger partial charge in [-0.25, -0.2) is 5.01 Å². The Bertz CT molecular complexity index is 602. The highest BCUT2D eigenvalue weighted by Gasteiger charge is 2.20. The molecule has 0 saturated carbocycles. The van der Waals surface area contributed by atoms with Crippen molar-refractivity contribution in [2.24, 2.45) is 0 Å². The van der Waals surface area contributed by atoms with Crippen LogP contribution in [0.25, 0.3) is 5.52 Å². The van der Waals surface area contributed by atoms with E-state index in [1.54, 1.807) is 0 Å². The van der Waals surface area contributed by atoms with Gasteiger partial charge in [-0.05, 0) is 37.1 Å². The van der Waals surface area contributed by atoms with Crippen LogP contribution in [0.5, 0.6) is 0 Å². The fourth-order valence-electron chi connectivity index (χ4n) is 2.56. The van der Waals surface area contributed by atoms with E-state index in [4.69, 9.17) is 4.74 Å². The lowest BCUT2D eigenvalue weighted by atomic mass is 10.1. The van der Waals surface area contributed by atoms with Gasteiger partial charge in [-0.3, -0.25) is 10.2 Å². The van der Waals surface area contributed by atoms with Crippen LogP contribution in [0.2, 0.25) is 0 Å². The number of ether oxygens (including phenoxy) is 1. The van der Waals surface area contributed by atoms with Crippen LogP contribution < -0.4 is 5.43 Å². The van der Waals surface area contributed by atoms with Crippen LogP contribution in [0.1, 0.15) is 23.2 Å². The van der Waals surface area contributed by atoms with Crippen LogP contribution >= 0.6 is 0 Å². The first-order valence-corrected chi connectivity index (χ1v) is 6.92. The third kappa shape index (κ3) is 2.69. The Balaban J connectivity index is 1.68. The Kier molecular flexibility index (Phi) is 3.71. The minimum Gasteiger partial charge on any atom is -0.381 e. The lowest BCUT2D eigenvalue weighted by Gasteiger charge is -2.31. The molecule has 1 fully saturated rings. The second kappa shape index (κ2) is 5.64. The summed E-state index contributed by atoms with van der Waals surface area (Å²) in [5, 5.41) is 1.91. The number of rotatable bonds is 3. The maximum atomic E-state index is 12.3. The predicted molar refractivity (Wildman–Crippen MR) is 76.5 cm³/mol. The standard InChI is InChI=1S/C15H19N3O2/c1-17(13-5-9-20-10-6-13)16-15(19)12-4-8-18-7-2-3-14(18)11-12/h2-4,7-8,11,13H,5-6,9-10H2,1H3,(H,16,19). The van der Waals surface area contributed by atoms with E-state index in [-0.39, 0.29) is 5.91 Å². The Morgan fingerprint density at radius 1 is 1.35 bits per heavy atom. The second-order valence-electron chi connectivity index (χ2n) is 5.15. The van der Waals surface area contributed by atoms with Crippen molar-refractivity contribution in [3.63, 3.8) is 0 Å². The number of carbonyl (C=O) groups excluding carboxylic acids is 1. The third-order valence-electron chi connectivity index (χ3n) is 3.81. The zero-order chi connectivity index (χ0) is 13.9. The van der Waals surface area contributed by atoms with Gasteiger partial charge in [0.15, 0.2) is 0 Å². The molecule has 3 heterocycles. The topological polar surface area (TPSA) is 46.0 Å². The van der Waals surface area contributed by atoms with Crippen LogP contribution in [0, 0.1) is 0 Å². The molecule has 5 nitrogen and oxygen atoms in total. The van der Waals surface area contributed by atoms with Crippen LogP contribution in [0.4, 0.5) is 0 Å². The van der Waals surface area contributed by atoms with Crippen molar-refractivity contribution in [2.45, 2.75) is 18.9 Å². The van der Waals surface area contributed by atoms with Gasteiger partial charge in [0, 0.05) is 49.8 Å². The summed E-state index contributed by atoms with van der Waals surface area (Å²) in [6.07, 6.45) is 5.77. The zero-order valence-corrected chi connectivity index (χ0v) is 11.6. The van der Waals surface area contributed by atoms with Gasteiger partial charge in [0.1, 0.15) is 0 Å². The molecule has 106 valence electrons. The molecular weight excluding hydrogens is 254 g/mol. The number of nitrogens with one attached hydrogen (secondary N) is 1. The first kappa shape index (κ1) is 13.1. The van der Waals surface area contributed by atoms with Crippen molar-refractivity contribution in [1.82, 2.24) is 14.8 Å². The van der Waals surface area contributed by atoms with Crippen LogP contribution in [0.15, 0.2) is 36.7 Å². The van der Waals surface area contributed by atoms with E-state index in [2.05, 4.69) is 5.43 Å². The average molecular weight is 273 g/mol. The van der Waals surface area contributed by atoms with Gasteiger partial charge in [-0.15, -0.1) is 0 Å². The number of pyridine rings is 1. The highest BCUT2D eigenvalue weighted by atomic mass is 16.5. The fourth-order valence-corrected chi connectivity index (χ4v) is 2.56. The summed E-state index contributed by atoms with van der Waals surface area (Å²) in [5.74, 6) is -0.0670. The molecule has 1 N–H and O–H groups in total. The van der Waals surface area contributed by atoms with Gasteiger partial charge < -0.3 is 9.14 Å². The van der Waals surface area contributed by atoms with Gasteiger partial charge in [0.25, 0.3) is 5.91 Å². The highest BCUT2D eigenvalue weighted by Crippen LogP contribution is 2.12. The summed E-state index contributed by atoms with van der Waals surface area (Å²) >= 11 is 0. The Morgan fingerprint density at radius 2 is 2.15 bits per heavy atom. The van der Waals surface area contributed by atoms with Crippen molar-refractivity contribution in [2.75, 3.05) is 20.3 Å². The van der Waals surface area contributed by atoms with E-state index in [0.29, 0.717) is 11.6 Å². The SMILES string of the molecule is CN(NC(=O)c1ccn2cccc2c1)C1CCOCC1. The zero-order valence-electron chi connectivity index (χ0n) is 11.6. The Morgan fingerprint density at radius 3 is 2.95 bits per heavy atom. The lowest BCUT2D eigenvalue weighted by molar-refractivity contribution is 0.0237. The average Bonchev–Trinajstić information content (AvgIpc) is 2.95. The Labute approximate surface area is 118 Å². The molecule has 0 atom stereocenters. The summed E-state index contributed by atoms with van der Waals surface area (Å²) < 4.78 is 7.32. The molecule has 0 bridgehead atoms. The molecule has 1 amide bonds. The molecular formula is C15H19N3O2. The molecule has 1 aliphatic heterocycles. The number of nitrogens with zero attached hydrogens (tertiary/aromatic N) is 2. The van der Waals surface area contributed by atoms with Crippen LogP contribution in [-0.4, -0.2) is 41.6 Å². The summed E-state index contributed by atoms with van der Waals surface area (Å²) in [4.78, 5) is 12.3. The van der Waals surface area contributed by atoms with E-state index >= 15 is 0 Å². The fraction of sp³-hybridized carbons (Fsp3) is 0.400. The van der Waals surface area contributed by atoms with E-state index in [0.717, 1.165) is 31.6 Å². The van der Waals surface area contributed by atoms with E-state index in [1.165, 1.54) is 0 Å². The Hall–Kier alpha value is -1.85. The number of aromatic nitrogens is 1. The van der Waals surface area contributed by atoms with E-state index < -0.39 is 0 Å².